The maximum absolute atomic E-state index is 9.73. The summed E-state index contributed by atoms with van der Waals surface area (Å²) >= 11 is 0. The van der Waals surface area contributed by atoms with Gasteiger partial charge in [-0.1, -0.05) is 32.8 Å². The molecule has 18 heavy (non-hydrogen) atoms. The van der Waals surface area contributed by atoms with Crippen LogP contribution < -0.4 is 10.1 Å². The first-order valence-corrected chi connectivity index (χ1v) is 6.72. The van der Waals surface area contributed by atoms with E-state index in [4.69, 9.17) is 4.74 Å². The number of aliphatic hydroxyl groups excluding tert-OH is 1. The van der Waals surface area contributed by atoms with Crippen molar-refractivity contribution >= 4 is 5.69 Å². The average molecular weight is 251 g/mol. The standard InChI is InChI=1S/C15H25NO2/c1-4-9-15(12-17,10-5-2)16-13-7-6-8-14(11-13)18-3/h6-8,11,16-17H,4-5,9-10,12H2,1-3H3. The predicted molar refractivity (Wildman–Crippen MR) is 76.2 cm³/mol. The second-order valence-corrected chi connectivity index (χ2v) is 4.80. The molecule has 0 aliphatic heterocycles. The van der Waals surface area contributed by atoms with E-state index < -0.39 is 0 Å². The van der Waals surface area contributed by atoms with Crippen LogP contribution >= 0.6 is 0 Å². The third kappa shape index (κ3) is 3.91. The highest BCUT2D eigenvalue weighted by molar-refractivity contribution is 5.50. The summed E-state index contributed by atoms with van der Waals surface area (Å²) in [6.45, 7) is 4.45. The Bertz CT molecular complexity index is 346. The molecule has 0 aliphatic rings. The fourth-order valence-electron chi connectivity index (χ4n) is 2.41. The molecule has 0 bridgehead atoms. The van der Waals surface area contributed by atoms with Crippen molar-refractivity contribution in [3.8, 4) is 5.75 Å². The summed E-state index contributed by atoms with van der Waals surface area (Å²) in [7, 11) is 1.66. The molecule has 0 spiro atoms. The molecule has 102 valence electrons. The van der Waals surface area contributed by atoms with Gasteiger partial charge in [-0.2, -0.15) is 0 Å². The number of benzene rings is 1. The number of hydrogen-bond donors (Lipinski definition) is 2. The van der Waals surface area contributed by atoms with Crippen LogP contribution in [-0.4, -0.2) is 24.4 Å². The van der Waals surface area contributed by atoms with E-state index in [1.165, 1.54) is 0 Å². The average Bonchev–Trinajstić information content (AvgIpc) is 2.39. The molecule has 3 nitrogen and oxygen atoms in total. The molecule has 3 heteroatoms. The van der Waals surface area contributed by atoms with Crippen LogP contribution in [0.2, 0.25) is 0 Å². The van der Waals surface area contributed by atoms with Gasteiger partial charge in [-0.15, -0.1) is 0 Å². The van der Waals surface area contributed by atoms with E-state index in [0.29, 0.717) is 0 Å². The highest BCUT2D eigenvalue weighted by atomic mass is 16.5. The first-order chi connectivity index (χ1) is 8.69. The molecule has 0 saturated heterocycles. The molecule has 1 aromatic rings. The third-order valence-corrected chi connectivity index (χ3v) is 3.24. The lowest BCUT2D eigenvalue weighted by atomic mass is 9.89. The minimum absolute atomic E-state index is 0.159. The Kier molecular flexibility index (Phi) is 5.99. The van der Waals surface area contributed by atoms with E-state index in [9.17, 15) is 5.11 Å². The van der Waals surface area contributed by atoms with Gasteiger partial charge in [0.25, 0.3) is 0 Å². The van der Waals surface area contributed by atoms with Gasteiger partial charge < -0.3 is 15.2 Å². The lowest BCUT2D eigenvalue weighted by Gasteiger charge is -2.34. The van der Waals surface area contributed by atoms with Crippen LogP contribution in [0.1, 0.15) is 39.5 Å². The summed E-state index contributed by atoms with van der Waals surface area (Å²) < 4.78 is 5.22. The van der Waals surface area contributed by atoms with Gasteiger partial charge in [0.2, 0.25) is 0 Å². The SMILES string of the molecule is CCCC(CO)(CCC)Nc1cccc(OC)c1. The third-order valence-electron chi connectivity index (χ3n) is 3.24. The minimum atomic E-state index is -0.212. The number of methoxy groups -OCH3 is 1. The van der Waals surface area contributed by atoms with Gasteiger partial charge in [0.1, 0.15) is 5.75 Å². The summed E-state index contributed by atoms with van der Waals surface area (Å²) in [6, 6.07) is 7.86. The minimum Gasteiger partial charge on any atom is -0.497 e. The Morgan fingerprint density at radius 3 is 2.39 bits per heavy atom. The maximum Gasteiger partial charge on any atom is 0.120 e. The van der Waals surface area contributed by atoms with Crippen molar-refractivity contribution in [1.82, 2.24) is 0 Å². The van der Waals surface area contributed by atoms with Crippen LogP contribution in [0.25, 0.3) is 0 Å². The number of ether oxygens (including phenoxy) is 1. The fraction of sp³-hybridized carbons (Fsp3) is 0.600. The van der Waals surface area contributed by atoms with Crippen molar-refractivity contribution in [2.75, 3.05) is 19.0 Å². The molecule has 0 heterocycles. The summed E-state index contributed by atoms with van der Waals surface area (Å²) in [5.41, 5.74) is 0.792. The molecule has 0 saturated carbocycles. The van der Waals surface area contributed by atoms with Crippen molar-refractivity contribution < 1.29 is 9.84 Å². The quantitative estimate of drug-likeness (QED) is 0.743. The highest BCUT2D eigenvalue weighted by Crippen LogP contribution is 2.27. The molecule has 0 amide bonds. The van der Waals surface area contributed by atoms with E-state index in [1.807, 2.05) is 24.3 Å². The van der Waals surface area contributed by atoms with Crippen LogP contribution in [0.5, 0.6) is 5.75 Å². The van der Waals surface area contributed by atoms with Gasteiger partial charge >= 0.3 is 0 Å². The summed E-state index contributed by atoms with van der Waals surface area (Å²) in [5, 5.41) is 13.2. The van der Waals surface area contributed by atoms with Crippen LogP contribution in [0.15, 0.2) is 24.3 Å². The van der Waals surface area contributed by atoms with E-state index in [1.54, 1.807) is 7.11 Å². The molecule has 1 aromatic carbocycles. The molecular weight excluding hydrogens is 226 g/mol. The van der Waals surface area contributed by atoms with Crippen molar-refractivity contribution in [3.05, 3.63) is 24.3 Å². The Morgan fingerprint density at radius 1 is 1.22 bits per heavy atom. The fourth-order valence-corrected chi connectivity index (χ4v) is 2.41. The smallest absolute Gasteiger partial charge is 0.120 e. The van der Waals surface area contributed by atoms with E-state index >= 15 is 0 Å². The van der Waals surface area contributed by atoms with Crippen LogP contribution in [0, 0.1) is 0 Å². The van der Waals surface area contributed by atoms with E-state index in [2.05, 4.69) is 19.2 Å². The molecule has 1 rings (SSSR count). The molecule has 0 aromatic heterocycles. The lowest BCUT2D eigenvalue weighted by Crippen LogP contribution is -2.42. The Balaban J connectivity index is 2.86. The lowest BCUT2D eigenvalue weighted by molar-refractivity contribution is 0.192. The zero-order valence-electron chi connectivity index (χ0n) is 11.7. The zero-order valence-corrected chi connectivity index (χ0v) is 11.7. The normalized spacial score (nSPS) is 11.3. The van der Waals surface area contributed by atoms with Crippen LogP contribution in [0.3, 0.4) is 0 Å². The Labute approximate surface area is 110 Å². The van der Waals surface area contributed by atoms with Crippen molar-refractivity contribution in [3.63, 3.8) is 0 Å². The van der Waals surface area contributed by atoms with Crippen LogP contribution in [0.4, 0.5) is 5.69 Å². The number of rotatable bonds is 8. The van der Waals surface area contributed by atoms with Crippen molar-refractivity contribution in [2.45, 2.75) is 45.1 Å². The largest absolute Gasteiger partial charge is 0.497 e. The van der Waals surface area contributed by atoms with Gasteiger partial charge in [-0.25, -0.2) is 0 Å². The maximum atomic E-state index is 9.73. The number of aliphatic hydroxyl groups is 1. The number of hydrogen-bond acceptors (Lipinski definition) is 3. The van der Waals surface area contributed by atoms with Gasteiger partial charge in [0.05, 0.1) is 19.3 Å². The first kappa shape index (κ1) is 14.8. The zero-order chi connectivity index (χ0) is 13.4. The molecule has 0 fully saturated rings. The predicted octanol–water partition coefficient (Wildman–Crippen LogP) is 3.44. The van der Waals surface area contributed by atoms with Crippen molar-refractivity contribution in [2.24, 2.45) is 0 Å². The first-order valence-electron chi connectivity index (χ1n) is 6.72. The number of anilines is 1. The Morgan fingerprint density at radius 2 is 1.89 bits per heavy atom. The van der Waals surface area contributed by atoms with Gasteiger partial charge in [-0.3, -0.25) is 0 Å². The molecule has 0 atom stereocenters. The Hall–Kier alpha value is -1.22. The monoisotopic (exact) mass is 251 g/mol. The highest BCUT2D eigenvalue weighted by Gasteiger charge is 2.27. The topological polar surface area (TPSA) is 41.5 Å². The summed E-state index contributed by atoms with van der Waals surface area (Å²) in [4.78, 5) is 0. The molecule has 0 unspecified atom stereocenters. The second kappa shape index (κ2) is 7.27. The molecule has 0 radical (unpaired) electrons. The second-order valence-electron chi connectivity index (χ2n) is 4.80. The van der Waals surface area contributed by atoms with E-state index in [0.717, 1.165) is 37.1 Å². The van der Waals surface area contributed by atoms with Gasteiger partial charge in [0, 0.05) is 11.8 Å². The molecular formula is C15H25NO2. The van der Waals surface area contributed by atoms with Crippen LogP contribution in [-0.2, 0) is 0 Å². The van der Waals surface area contributed by atoms with E-state index in [-0.39, 0.29) is 12.1 Å². The molecule has 2 N–H and O–H groups in total. The van der Waals surface area contributed by atoms with Gasteiger partial charge in [0.15, 0.2) is 0 Å². The molecule has 0 aliphatic carbocycles. The number of nitrogens with one attached hydrogen (secondary N) is 1. The summed E-state index contributed by atoms with van der Waals surface area (Å²) in [5.74, 6) is 0.833. The summed E-state index contributed by atoms with van der Waals surface area (Å²) in [6.07, 6.45) is 4.04. The van der Waals surface area contributed by atoms with Gasteiger partial charge in [-0.05, 0) is 25.0 Å². The van der Waals surface area contributed by atoms with Crippen molar-refractivity contribution in [1.29, 1.82) is 0 Å².